The van der Waals surface area contributed by atoms with E-state index in [9.17, 15) is 0 Å². The summed E-state index contributed by atoms with van der Waals surface area (Å²) in [5, 5.41) is 0. The zero-order chi connectivity index (χ0) is 11.3. The first-order valence-electron chi connectivity index (χ1n) is 5.35. The number of hydrogen-bond donors (Lipinski definition) is 1. The molecule has 0 aliphatic rings. The zero-order valence-corrected chi connectivity index (χ0v) is 12.9. The highest BCUT2D eigenvalue weighted by Gasteiger charge is 2.12. The molecule has 0 aromatic carbocycles. The highest BCUT2D eigenvalue weighted by Crippen LogP contribution is 2.36. The maximum absolute atomic E-state index is 6.15. The van der Waals surface area contributed by atoms with E-state index < -0.39 is 0 Å². The van der Waals surface area contributed by atoms with Crippen LogP contribution >= 0.6 is 43.2 Å². The summed E-state index contributed by atoms with van der Waals surface area (Å²) in [6.45, 7) is 2.23. The molecule has 86 valence electrons. The molecule has 1 unspecified atom stereocenters. The summed E-state index contributed by atoms with van der Waals surface area (Å²) in [6, 6.07) is 2.30. The van der Waals surface area contributed by atoms with Crippen molar-refractivity contribution in [3.8, 4) is 0 Å². The van der Waals surface area contributed by atoms with Crippen LogP contribution in [0.15, 0.2) is 13.6 Å². The van der Waals surface area contributed by atoms with Crippen LogP contribution in [0.3, 0.4) is 0 Å². The summed E-state index contributed by atoms with van der Waals surface area (Å²) in [5.74, 6) is 0. The molecule has 0 saturated heterocycles. The van der Waals surface area contributed by atoms with E-state index in [0.717, 1.165) is 14.0 Å². The van der Waals surface area contributed by atoms with Gasteiger partial charge in [0.25, 0.3) is 0 Å². The summed E-state index contributed by atoms with van der Waals surface area (Å²) in [5.41, 5.74) is 7.39. The van der Waals surface area contributed by atoms with Crippen LogP contribution in [0.4, 0.5) is 0 Å². The van der Waals surface area contributed by atoms with Gasteiger partial charge in [0.15, 0.2) is 0 Å². The molecule has 2 N–H and O–H groups in total. The van der Waals surface area contributed by atoms with Gasteiger partial charge < -0.3 is 5.73 Å². The Morgan fingerprint density at radius 2 is 2.07 bits per heavy atom. The topological polar surface area (TPSA) is 26.0 Å². The lowest BCUT2D eigenvalue weighted by Crippen LogP contribution is -2.09. The largest absolute Gasteiger partial charge is 0.324 e. The lowest BCUT2D eigenvalue weighted by Gasteiger charge is -2.10. The third-order valence-corrected chi connectivity index (χ3v) is 4.84. The normalized spacial score (nSPS) is 13.1. The van der Waals surface area contributed by atoms with E-state index in [1.54, 1.807) is 11.3 Å². The average molecular weight is 355 g/mol. The fourth-order valence-corrected chi connectivity index (χ4v) is 4.55. The molecule has 1 aromatic heterocycles. The van der Waals surface area contributed by atoms with Crippen molar-refractivity contribution in [2.75, 3.05) is 0 Å². The van der Waals surface area contributed by atoms with Gasteiger partial charge in [-0.1, -0.05) is 32.6 Å². The SMILES string of the molecule is CCCCCCC(N)c1cc(Br)sc1Br. The Balaban J connectivity index is 2.39. The number of thiophene rings is 1. The molecule has 1 rings (SSSR count). The Kier molecular flexibility index (Phi) is 6.43. The zero-order valence-electron chi connectivity index (χ0n) is 8.93. The van der Waals surface area contributed by atoms with Gasteiger partial charge in [0.2, 0.25) is 0 Å². The molecule has 1 atom stereocenters. The molecule has 0 amide bonds. The van der Waals surface area contributed by atoms with E-state index in [2.05, 4.69) is 44.8 Å². The minimum Gasteiger partial charge on any atom is -0.324 e. The van der Waals surface area contributed by atoms with E-state index in [-0.39, 0.29) is 6.04 Å². The van der Waals surface area contributed by atoms with Crippen LogP contribution in [-0.2, 0) is 0 Å². The highest BCUT2D eigenvalue weighted by molar-refractivity contribution is 9.12. The second-order valence-electron chi connectivity index (χ2n) is 3.74. The van der Waals surface area contributed by atoms with Gasteiger partial charge in [0, 0.05) is 6.04 Å². The summed E-state index contributed by atoms with van der Waals surface area (Å²) in [4.78, 5) is 0. The fourth-order valence-electron chi connectivity index (χ4n) is 1.55. The third kappa shape index (κ3) is 4.55. The number of nitrogens with two attached hydrogens (primary N) is 1. The van der Waals surface area contributed by atoms with Gasteiger partial charge in [-0.25, -0.2) is 0 Å². The van der Waals surface area contributed by atoms with Crippen LogP contribution in [-0.4, -0.2) is 0 Å². The fraction of sp³-hybridized carbons (Fsp3) is 0.636. The molecule has 0 saturated carbocycles. The van der Waals surface area contributed by atoms with Crippen molar-refractivity contribution in [3.63, 3.8) is 0 Å². The quantitative estimate of drug-likeness (QED) is 0.694. The lowest BCUT2D eigenvalue weighted by atomic mass is 10.0. The second-order valence-corrected chi connectivity index (χ2v) is 7.48. The van der Waals surface area contributed by atoms with Crippen LogP contribution in [0.5, 0.6) is 0 Å². The predicted molar refractivity (Wildman–Crippen MR) is 75.4 cm³/mol. The van der Waals surface area contributed by atoms with Crippen molar-refractivity contribution >= 4 is 43.2 Å². The number of unbranched alkanes of at least 4 members (excludes halogenated alkanes) is 3. The molecule has 1 aromatic rings. The van der Waals surface area contributed by atoms with Crippen LogP contribution in [0.2, 0.25) is 0 Å². The summed E-state index contributed by atoms with van der Waals surface area (Å²) in [6.07, 6.45) is 6.22. The molecule has 4 heteroatoms. The first-order valence-corrected chi connectivity index (χ1v) is 7.75. The Morgan fingerprint density at radius 1 is 1.33 bits per heavy atom. The van der Waals surface area contributed by atoms with Crippen LogP contribution in [0.25, 0.3) is 0 Å². The van der Waals surface area contributed by atoms with Crippen molar-refractivity contribution in [2.45, 2.75) is 45.1 Å². The van der Waals surface area contributed by atoms with Crippen molar-refractivity contribution in [3.05, 3.63) is 19.2 Å². The average Bonchev–Trinajstić information content (AvgIpc) is 2.52. The number of hydrogen-bond acceptors (Lipinski definition) is 2. The Bertz CT molecular complexity index is 299. The van der Waals surface area contributed by atoms with E-state index in [1.165, 1.54) is 31.2 Å². The van der Waals surface area contributed by atoms with Gasteiger partial charge in [0.05, 0.1) is 7.57 Å². The summed E-state index contributed by atoms with van der Waals surface area (Å²) in [7, 11) is 0. The molecular weight excluding hydrogens is 338 g/mol. The Morgan fingerprint density at radius 3 is 2.60 bits per heavy atom. The van der Waals surface area contributed by atoms with Crippen LogP contribution < -0.4 is 5.73 Å². The lowest BCUT2D eigenvalue weighted by molar-refractivity contribution is 0.566. The van der Waals surface area contributed by atoms with E-state index in [0.29, 0.717) is 0 Å². The standard InChI is InChI=1S/C11H17Br2NS/c1-2-3-4-5-6-9(14)8-7-10(12)15-11(8)13/h7,9H,2-6,14H2,1H3. The van der Waals surface area contributed by atoms with Crippen molar-refractivity contribution < 1.29 is 0 Å². The molecule has 0 radical (unpaired) electrons. The molecule has 15 heavy (non-hydrogen) atoms. The molecule has 0 aliphatic heterocycles. The van der Waals surface area contributed by atoms with Gasteiger partial charge in [0.1, 0.15) is 0 Å². The minimum atomic E-state index is 0.179. The van der Waals surface area contributed by atoms with E-state index >= 15 is 0 Å². The summed E-state index contributed by atoms with van der Waals surface area (Å²) >= 11 is 8.72. The summed E-state index contributed by atoms with van der Waals surface area (Å²) < 4.78 is 2.31. The first kappa shape index (κ1) is 13.7. The first-order chi connectivity index (χ1) is 7.15. The maximum atomic E-state index is 6.15. The van der Waals surface area contributed by atoms with Crippen molar-refractivity contribution in [1.29, 1.82) is 0 Å². The van der Waals surface area contributed by atoms with Crippen LogP contribution in [0, 0.1) is 0 Å². The Hall–Kier alpha value is 0.620. The second kappa shape index (κ2) is 7.05. The van der Waals surface area contributed by atoms with Gasteiger partial charge >= 0.3 is 0 Å². The highest BCUT2D eigenvalue weighted by atomic mass is 79.9. The van der Waals surface area contributed by atoms with Gasteiger partial charge in [-0.05, 0) is 49.9 Å². The van der Waals surface area contributed by atoms with Crippen molar-refractivity contribution in [1.82, 2.24) is 0 Å². The molecule has 1 heterocycles. The number of rotatable bonds is 6. The third-order valence-electron chi connectivity index (χ3n) is 2.45. The monoisotopic (exact) mass is 353 g/mol. The molecule has 0 bridgehead atoms. The predicted octanol–water partition coefficient (Wildman–Crippen LogP) is 5.24. The van der Waals surface area contributed by atoms with Gasteiger partial charge in [-0.3, -0.25) is 0 Å². The maximum Gasteiger partial charge on any atom is 0.0758 e. The molecule has 0 spiro atoms. The van der Waals surface area contributed by atoms with E-state index in [4.69, 9.17) is 5.73 Å². The van der Waals surface area contributed by atoms with Gasteiger partial charge in [-0.2, -0.15) is 0 Å². The smallest absolute Gasteiger partial charge is 0.0758 e. The molecule has 0 aliphatic carbocycles. The molecule has 1 nitrogen and oxygen atoms in total. The van der Waals surface area contributed by atoms with Crippen LogP contribution in [0.1, 0.15) is 50.6 Å². The minimum absolute atomic E-state index is 0.179. The van der Waals surface area contributed by atoms with Crippen molar-refractivity contribution in [2.24, 2.45) is 5.73 Å². The molecule has 0 fully saturated rings. The Labute approximate surface area is 113 Å². The number of halogens is 2. The molecular formula is C11H17Br2NS. The van der Waals surface area contributed by atoms with E-state index in [1.807, 2.05) is 0 Å². The van der Waals surface area contributed by atoms with Gasteiger partial charge in [-0.15, -0.1) is 11.3 Å².